The van der Waals surface area contributed by atoms with Gasteiger partial charge >= 0.3 is 5.69 Å². The molecule has 0 radical (unpaired) electrons. The summed E-state index contributed by atoms with van der Waals surface area (Å²) in [5.74, 6) is -0.163. The Labute approximate surface area is 190 Å². The van der Waals surface area contributed by atoms with Crippen LogP contribution in [0.25, 0.3) is 0 Å². The number of ether oxygens (including phenoxy) is 1. The van der Waals surface area contributed by atoms with Crippen molar-refractivity contribution in [3.8, 4) is 0 Å². The summed E-state index contributed by atoms with van der Waals surface area (Å²) in [4.78, 5) is 38.8. The molecular weight excluding hydrogens is 422 g/mol. The monoisotopic (exact) mass is 449 g/mol. The maximum Gasteiger partial charge on any atom is 0.330 e. The number of rotatable bonds is 7. The molecule has 3 N–H and O–H groups in total. The third-order valence-corrected chi connectivity index (χ3v) is 5.89. The van der Waals surface area contributed by atoms with Crippen molar-refractivity contribution in [2.75, 3.05) is 0 Å². The normalized spacial score (nSPS) is 20.2. The quantitative estimate of drug-likeness (QED) is 0.512. The summed E-state index contributed by atoms with van der Waals surface area (Å²) in [7, 11) is 0. The number of aromatic nitrogens is 2. The summed E-state index contributed by atoms with van der Waals surface area (Å²) in [6, 6.07) is 19.2. The molecule has 0 aliphatic carbocycles. The maximum atomic E-state index is 12.8. The Morgan fingerprint density at radius 2 is 1.73 bits per heavy atom. The number of amides is 1. The van der Waals surface area contributed by atoms with Gasteiger partial charge in [-0.2, -0.15) is 0 Å². The van der Waals surface area contributed by atoms with Crippen molar-refractivity contribution in [2.45, 2.75) is 50.7 Å². The molecule has 4 rings (SSSR count). The van der Waals surface area contributed by atoms with E-state index in [4.69, 9.17) is 4.74 Å². The van der Waals surface area contributed by atoms with Crippen molar-refractivity contribution >= 4 is 5.91 Å². The predicted octanol–water partition coefficient (Wildman–Crippen LogP) is 2.18. The van der Waals surface area contributed by atoms with Crippen molar-refractivity contribution in [2.24, 2.45) is 0 Å². The lowest BCUT2D eigenvalue weighted by atomic mass is 9.98. The maximum absolute atomic E-state index is 12.8. The highest BCUT2D eigenvalue weighted by atomic mass is 16.5. The number of carbonyl (C=O) groups excluding carboxylic acids is 1. The van der Waals surface area contributed by atoms with Gasteiger partial charge in [0.15, 0.2) is 0 Å². The summed E-state index contributed by atoms with van der Waals surface area (Å²) >= 11 is 0. The lowest BCUT2D eigenvalue weighted by molar-refractivity contribution is -0.122. The molecule has 8 heteroatoms. The third kappa shape index (κ3) is 5.30. The molecule has 0 spiro atoms. The van der Waals surface area contributed by atoms with Crippen LogP contribution in [0.3, 0.4) is 0 Å². The number of benzene rings is 2. The van der Waals surface area contributed by atoms with Crippen molar-refractivity contribution < 1.29 is 14.6 Å². The molecule has 0 unspecified atom stereocenters. The minimum Gasteiger partial charge on any atom is -0.390 e. The number of aryl methyl sites for hydroxylation is 1. The Morgan fingerprint density at radius 3 is 2.33 bits per heavy atom. The Bertz CT molecular complexity index is 1170. The second kappa shape index (κ2) is 9.97. The molecule has 3 atom stereocenters. The van der Waals surface area contributed by atoms with Gasteiger partial charge < -0.3 is 15.2 Å². The van der Waals surface area contributed by atoms with Crippen LogP contribution >= 0.6 is 0 Å². The van der Waals surface area contributed by atoms with Gasteiger partial charge in [0.2, 0.25) is 5.91 Å². The van der Waals surface area contributed by atoms with Crippen LogP contribution in [0.15, 0.2) is 76.4 Å². The number of carbonyl (C=O) groups is 1. The first-order chi connectivity index (χ1) is 15.9. The summed E-state index contributed by atoms with van der Waals surface area (Å²) in [5, 5.41) is 13.5. The smallest absolute Gasteiger partial charge is 0.330 e. The van der Waals surface area contributed by atoms with E-state index in [9.17, 15) is 19.5 Å². The number of aliphatic hydroxyl groups excluding tert-OH is 1. The van der Waals surface area contributed by atoms with Gasteiger partial charge in [0.1, 0.15) is 6.23 Å². The highest BCUT2D eigenvalue weighted by molar-refractivity contribution is 5.77. The van der Waals surface area contributed by atoms with E-state index in [0.29, 0.717) is 12.0 Å². The van der Waals surface area contributed by atoms with E-state index in [1.165, 1.54) is 10.8 Å². The van der Waals surface area contributed by atoms with Gasteiger partial charge in [0.25, 0.3) is 5.56 Å². The minimum absolute atomic E-state index is 0.157. The van der Waals surface area contributed by atoms with Gasteiger partial charge in [-0.3, -0.25) is 19.1 Å². The third-order valence-electron chi connectivity index (χ3n) is 5.89. The van der Waals surface area contributed by atoms with Crippen molar-refractivity contribution in [1.29, 1.82) is 0 Å². The lowest BCUT2D eigenvalue weighted by Gasteiger charge is -2.21. The van der Waals surface area contributed by atoms with Crippen LogP contribution in [0.1, 0.15) is 48.2 Å². The highest BCUT2D eigenvalue weighted by Gasteiger charge is 2.35. The van der Waals surface area contributed by atoms with Gasteiger partial charge in [-0.25, -0.2) is 4.79 Å². The SMILES string of the molecule is Cc1cn([C@H]2C[C@H](O)[C@@H](CCC(=O)NC(c3ccccc3)c3ccccc3)O2)c(=O)[nH]c1=O. The van der Waals surface area contributed by atoms with E-state index >= 15 is 0 Å². The van der Waals surface area contributed by atoms with Crippen LogP contribution in [0.4, 0.5) is 0 Å². The molecule has 2 aromatic carbocycles. The predicted molar refractivity (Wildman–Crippen MR) is 123 cm³/mol. The first-order valence-electron chi connectivity index (χ1n) is 11.0. The summed E-state index contributed by atoms with van der Waals surface area (Å²) < 4.78 is 7.15. The first-order valence-corrected chi connectivity index (χ1v) is 11.0. The number of nitrogens with zero attached hydrogens (tertiary/aromatic N) is 1. The topological polar surface area (TPSA) is 113 Å². The van der Waals surface area contributed by atoms with Gasteiger partial charge in [-0.15, -0.1) is 0 Å². The molecule has 33 heavy (non-hydrogen) atoms. The number of hydrogen-bond acceptors (Lipinski definition) is 5. The molecule has 8 nitrogen and oxygen atoms in total. The molecule has 1 fully saturated rings. The highest BCUT2D eigenvalue weighted by Crippen LogP contribution is 2.30. The van der Waals surface area contributed by atoms with Gasteiger partial charge in [-0.1, -0.05) is 60.7 Å². The zero-order valence-electron chi connectivity index (χ0n) is 18.3. The van der Waals surface area contributed by atoms with Crippen molar-refractivity contribution in [3.63, 3.8) is 0 Å². The van der Waals surface area contributed by atoms with E-state index in [-0.39, 0.29) is 24.8 Å². The lowest BCUT2D eigenvalue weighted by Crippen LogP contribution is -2.33. The largest absolute Gasteiger partial charge is 0.390 e. The zero-order chi connectivity index (χ0) is 23.4. The number of aliphatic hydroxyl groups is 1. The van der Waals surface area contributed by atoms with E-state index < -0.39 is 29.7 Å². The van der Waals surface area contributed by atoms with Crippen LogP contribution < -0.4 is 16.6 Å². The summed E-state index contributed by atoms with van der Waals surface area (Å²) in [5.41, 5.74) is 1.29. The molecule has 1 saturated heterocycles. The summed E-state index contributed by atoms with van der Waals surface area (Å²) in [6.07, 6.45) is -0.0156. The standard InChI is InChI=1S/C25H27N3O5/c1-16-15-28(25(32)27-24(16)31)22-14-19(29)20(33-22)12-13-21(30)26-23(17-8-4-2-5-9-17)18-10-6-3-7-11-18/h2-11,15,19-20,22-23,29H,12-14H2,1H3,(H,26,30)(H,27,31,32)/t19-,20+,22+/m0/s1. The Balaban J connectivity index is 1.40. The Hall–Kier alpha value is -3.49. The van der Waals surface area contributed by atoms with Crippen molar-refractivity contribution in [1.82, 2.24) is 14.9 Å². The summed E-state index contributed by atoms with van der Waals surface area (Å²) in [6.45, 7) is 1.60. The van der Waals surface area contributed by atoms with Crippen LogP contribution in [0.5, 0.6) is 0 Å². The van der Waals surface area contributed by atoms with Crippen LogP contribution in [-0.2, 0) is 9.53 Å². The zero-order valence-corrected chi connectivity index (χ0v) is 18.3. The molecule has 1 aromatic heterocycles. The minimum atomic E-state index is -0.819. The molecule has 1 aliphatic rings. The average Bonchev–Trinajstić information content (AvgIpc) is 3.19. The van der Waals surface area contributed by atoms with Gasteiger partial charge in [-0.05, 0) is 24.5 Å². The van der Waals surface area contributed by atoms with E-state index in [2.05, 4.69) is 10.3 Å². The molecule has 0 saturated carbocycles. The van der Waals surface area contributed by atoms with E-state index in [0.717, 1.165) is 11.1 Å². The fourth-order valence-corrected chi connectivity index (χ4v) is 4.10. The number of H-pyrrole nitrogens is 1. The molecule has 1 amide bonds. The first kappa shape index (κ1) is 22.7. The fourth-order valence-electron chi connectivity index (χ4n) is 4.10. The van der Waals surface area contributed by atoms with Gasteiger partial charge in [0.05, 0.1) is 18.2 Å². The van der Waals surface area contributed by atoms with Crippen LogP contribution in [0, 0.1) is 6.92 Å². The van der Waals surface area contributed by atoms with Gasteiger partial charge in [0, 0.05) is 24.6 Å². The van der Waals surface area contributed by atoms with Crippen molar-refractivity contribution in [3.05, 3.63) is 104 Å². The Kier molecular flexibility index (Phi) is 6.86. The number of hydrogen-bond donors (Lipinski definition) is 3. The molecule has 2 heterocycles. The van der Waals surface area contributed by atoms with E-state index in [1.807, 2.05) is 60.7 Å². The second-order valence-corrected chi connectivity index (χ2v) is 8.27. The number of aromatic amines is 1. The average molecular weight is 450 g/mol. The molecule has 3 aromatic rings. The fraction of sp³-hybridized carbons (Fsp3) is 0.320. The van der Waals surface area contributed by atoms with Crippen LogP contribution in [-0.4, -0.2) is 32.8 Å². The Morgan fingerprint density at radius 1 is 1.12 bits per heavy atom. The molecule has 0 bridgehead atoms. The molecular formula is C25H27N3O5. The molecule has 172 valence electrons. The molecule has 1 aliphatic heterocycles. The van der Waals surface area contributed by atoms with E-state index in [1.54, 1.807) is 6.92 Å². The number of nitrogens with one attached hydrogen (secondary N) is 2. The second-order valence-electron chi connectivity index (χ2n) is 8.27. The van der Waals surface area contributed by atoms with Crippen LogP contribution in [0.2, 0.25) is 0 Å².